The molecule has 0 N–H and O–H groups in total. The topological polar surface area (TPSA) is 68.7 Å². The van der Waals surface area contributed by atoms with Crippen LogP contribution in [0, 0.1) is 0 Å². The zero-order valence-corrected chi connectivity index (χ0v) is 17.5. The van der Waals surface area contributed by atoms with Gasteiger partial charge in [0.1, 0.15) is 11.8 Å². The molecule has 28 heavy (non-hydrogen) atoms. The monoisotopic (exact) mass is 402 g/mol. The van der Waals surface area contributed by atoms with Gasteiger partial charge in [0.15, 0.2) is 6.61 Å². The highest BCUT2D eigenvalue weighted by Gasteiger charge is 2.34. The van der Waals surface area contributed by atoms with Gasteiger partial charge < -0.3 is 9.47 Å². The molecular weight excluding hydrogens is 376 g/mol. The first-order valence-corrected chi connectivity index (χ1v) is 10.6. The average molecular weight is 403 g/mol. The predicted octanol–water partition coefficient (Wildman–Crippen LogP) is 4.22. The maximum Gasteiger partial charge on any atom is 0.329 e. The molecule has 0 fully saturated rings. The molecule has 1 aromatic carbocycles. The number of thiazole rings is 1. The van der Waals surface area contributed by atoms with Crippen molar-refractivity contribution < 1.29 is 19.1 Å². The first-order valence-electron chi connectivity index (χ1n) is 9.68. The lowest BCUT2D eigenvalue weighted by Crippen LogP contribution is -2.49. The van der Waals surface area contributed by atoms with Crippen molar-refractivity contribution in [3.63, 3.8) is 0 Å². The molecule has 2 unspecified atom stereocenters. The maximum atomic E-state index is 12.6. The van der Waals surface area contributed by atoms with Crippen LogP contribution < -0.4 is 9.64 Å². The van der Waals surface area contributed by atoms with E-state index in [1.54, 1.807) is 18.3 Å². The number of esters is 1. The molecule has 1 aliphatic heterocycles. The summed E-state index contributed by atoms with van der Waals surface area (Å²) in [5, 5.41) is 3.10. The van der Waals surface area contributed by atoms with Crippen LogP contribution in [-0.4, -0.2) is 35.6 Å². The normalized spacial score (nSPS) is 15.6. The van der Waals surface area contributed by atoms with Crippen LogP contribution in [0.15, 0.2) is 23.6 Å². The Kier molecular flexibility index (Phi) is 6.34. The SMILES string of the molecule is CCCc1nc(-c2ccc3c(c2)N(C(C)C(=O)OC(C)CC)C(=O)CO3)cs1. The van der Waals surface area contributed by atoms with Gasteiger partial charge in [-0.25, -0.2) is 9.78 Å². The number of rotatable bonds is 7. The number of benzene rings is 1. The zero-order valence-electron chi connectivity index (χ0n) is 16.7. The smallest absolute Gasteiger partial charge is 0.329 e. The molecule has 1 aromatic heterocycles. The number of fused-ring (bicyclic) bond motifs is 1. The molecule has 0 saturated heterocycles. The van der Waals surface area contributed by atoms with Crippen molar-refractivity contribution in [2.45, 2.75) is 59.1 Å². The highest BCUT2D eigenvalue weighted by Crippen LogP contribution is 2.37. The third-order valence-corrected chi connectivity index (χ3v) is 5.68. The van der Waals surface area contributed by atoms with Crippen molar-refractivity contribution >= 4 is 28.9 Å². The maximum absolute atomic E-state index is 12.6. The molecule has 7 heteroatoms. The molecule has 2 heterocycles. The lowest BCUT2D eigenvalue weighted by Gasteiger charge is -2.33. The number of anilines is 1. The molecule has 1 aliphatic rings. The minimum absolute atomic E-state index is 0.0926. The van der Waals surface area contributed by atoms with E-state index < -0.39 is 12.0 Å². The summed E-state index contributed by atoms with van der Waals surface area (Å²) in [6.07, 6.45) is 2.52. The highest BCUT2D eigenvalue weighted by atomic mass is 32.1. The summed E-state index contributed by atoms with van der Waals surface area (Å²) >= 11 is 1.63. The summed E-state index contributed by atoms with van der Waals surface area (Å²) in [5.41, 5.74) is 2.33. The fraction of sp³-hybridized carbons (Fsp3) is 0.476. The molecule has 0 radical (unpaired) electrons. The zero-order chi connectivity index (χ0) is 20.3. The van der Waals surface area contributed by atoms with E-state index in [4.69, 9.17) is 9.47 Å². The van der Waals surface area contributed by atoms with Crippen LogP contribution in [0.2, 0.25) is 0 Å². The number of hydrogen-bond acceptors (Lipinski definition) is 6. The van der Waals surface area contributed by atoms with Crippen LogP contribution in [0.5, 0.6) is 5.75 Å². The first kappa shape index (κ1) is 20.3. The Morgan fingerprint density at radius 1 is 1.36 bits per heavy atom. The van der Waals surface area contributed by atoms with E-state index in [2.05, 4.69) is 11.9 Å². The molecule has 6 nitrogen and oxygen atoms in total. The molecule has 3 rings (SSSR count). The Bertz CT molecular complexity index is 864. The average Bonchev–Trinajstić information content (AvgIpc) is 3.15. The number of amides is 1. The fourth-order valence-corrected chi connectivity index (χ4v) is 3.92. The molecule has 2 aromatic rings. The van der Waals surface area contributed by atoms with Gasteiger partial charge >= 0.3 is 5.97 Å². The van der Waals surface area contributed by atoms with Crippen LogP contribution in [0.3, 0.4) is 0 Å². The summed E-state index contributed by atoms with van der Waals surface area (Å²) in [7, 11) is 0. The van der Waals surface area contributed by atoms with E-state index >= 15 is 0 Å². The Hall–Kier alpha value is -2.41. The second-order valence-corrected chi connectivity index (χ2v) is 7.89. The van der Waals surface area contributed by atoms with Crippen molar-refractivity contribution in [2.75, 3.05) is 11.5 Å². The van der Waals surface area contributed by atoms with E-state index in [9.17, 15) is 9.59 Å². The van der Waals surface area contributed by atoms with Crippen molar-refractivity contribution in [2.24, 2.45) is 0 Å². The third kappa shape index (κ3) is 4.19. The van der Waals surface area contributed by atoms with E-state index in [1.165, 1.54) is 4.90 Å². The Morgan fingerprint density at radius 3 is 2.86 bits per heavy atom. The van der Waals surface area contributed by atoms with Gasteiger partial charge in [0.05, 0.1) is 22.5 Å². The molecule has 150 valence electrons. The number of aryl methyl sites for hydroxylation is 1. The molecule has 2 atom stereocenters. The first-order chi connectivity index (χ1) is 13.4. The second kappa shape index (κ2) is 8.73. The number of hydrogen-bond donors (Lipinski definition) is 0. The van der Waals surface area contributed by atoms with Crippen molar-refractivity contribution in [1.29, 1.82) is 0 Å². The molecule has 0 bridgehead atoms. The van der Waals surface area contributed by atoms with Gasteiger partial charge in [-0.3, -0.25) is 9.69 Å². The summed E-state index contributed by atoms with van der Waals surface area (Å²) in [6.45, 7) is 7.51. The Morgan fingerprint density at radius 2 is 2.14 bits per heavy atom. The van der Waals surface area contributed by atoms with Crippen LogP contribution in [-0.2, 0) is 20.7 Å². The van der Waals surface area contributed by atoms with Gasteiger partial charge in [0, 0.05) is 10.9 Å². The third-order valence-electron chi connectivity index (χ3n) is 4.77. The number of nitrogens with zero attached hydrogens (tertiary/aromatic N) is 2. The predicted molar refractivity (Wildman–Crippen MR) is 110 cm³/mol. The molecule has 0 spiro atoms. The number of ether oxygens (including phenoxy) is 2. The number of carbonyl (C=O) groups is 2. The quantitative estimate of drug-likeness (QED) is 0.649. The Labute approximate surface area is 169 Å². The van der Waals surface area contributed by atoms with Crippen molar-refractivity contribution in [1.82, 2.24) is 4.98 Å². The minimum atomic E-state index is -0.731. The summed E-state index contributed by atoms with van der Waals surface area (Å²) in [4.78, 5) is 31.3. The van der Waals surface area contributed by atoms with Crippen LogP contribution >= 0.6 is 11.3 Å². The fourth-order valence-electron chi connectivity index (χ4n) is 3.01. The van der Waals surface area contributed by atoms with E-state index in [1.807, 2.05) is 37.4 Å². The summed E-state index contributed by atoms with van der Waals surface area (Å²) in [6, 6.07) is 4.89. The summed E-state index contributed by atoms with van der Waals surface area (Å²) in [5.74, 6) is -0.0985. The van der Waals surface area contributed by atoms with E-state index in [-0.39, 0.29) is 18.6 Å². The largest absolute Gasteiger partial charge is 0.482 e. The van der Waals surface area contributed by atoms with E-state index in [0.29, 0.717) is 11.4 Å². The van der Waals surface area contributed by atoms with Crippen molar-refractivity contribution in [3.8, 4) is 17.0 Å². The highest BCUT2D eigenvalue weighted by molar-refractivity contribution is 7.09. The van der Waals surface area contributed by atoms with Gasteiger partial charge in [-0.15, -0.1) is 11.3 Å². The van der Waals surface area contributed by atoms with E-state index in [0.717, 1.165) is 35.5 Å². The number of carbonyl (C=O) groups excluding carboxylic acids is 2. The minimum Gasteiger partial charge on any atom is -0.482 e. The molecular formula is C21H26N2O4S. The van der Waals surface area contributed by atoms with Gasteiger partial charge in [-0.2, -0.15) is 0 Å². The van der Waals surface area contributed by atoms with Gasteiger partial charge in [-0.1, -0.05) is 13.8 Å². The second-order valence-electron chi connectivity index (χ2n) is 6.94. The van der Waals surface area contributed by atoms with Crippen LogP contribution in [0.25, 0.3) is 11.3 Å². The van der Waals surface area contributed by atoms with Gasteiger partial charge in [0.2, 0.25) is 0 Å². The van der Waals surface area contributed by atoms with Crippen LogP contribution in [0.1, 0.15) is 45.5 Å². The van der Waals surface area contributed by atoms with Gasteiger partial charge in [-0.05, 0) is 51.3 Å². The number of aromatic nitrogens is 1. The lowest BCUT2D eigenvalue weighted by atomic mass is 10.1. The molecule has 1 amide bonds. The summed E-state index contributed by atoms with van der Waals surface area (Å²) < 4.78 is 11.0. The Balaban J connectivity index is 1.92. The molecule has 0 aliphatic carbocycles. The van der Waals surface area contributed by atoms with Crippen molar-refractivity contribution in [3.05, 3.63) is 28.6 Å². The lowest BCUT2D eigenvalue weighted by molar-refractivity contribution is -0.150. The van der Waals surface area contributed by atoms with Crippen LogP contribution in [0.4, 0.5) is 5.69 Å². The molecule has 0 saturated carbocycles. The standard InChI is InChI=1S/C21H26N2O4S/c1-5-7-19-22-16(12-28-19)15-8-9-18-17(10-15)23(20(24)11-26-18)14(4)21(25)27-13(3)6-2/h8-10,12-14H,5-7,11H2,1-4H3. The van der Waals surface area contributed by atoms with Gasteiger partial charge in [0.25, 0.3) is 5.91 Å².